The van der Waals surface area contributed by atoms with Crippen LogP contribution in [0.2, 0.25) is 0 Å². The summed E-state index contributed by atoms with van der Waals surface area (Å²) in [7, 11) is 0. The Morgan fingerprint density at radius 2 is 1.88 bits per heavy atom. The number of thiocarbonyl (C=S) groups is 1. The molecule has 1 saturated heterocycles. The maximum atomic E-state index is 10.8. The van der Waals surface area contributed by atoms with Gasteiger partial charge in [0.25, 0.3) is 0 Å². The molecular formula is C24H36N6O2S. The number of hydrogen-bond donors (Lipinski definition) is 3. The average molecular weight is 473 g/mol. The third kappa shape index (κ3) is 11.1. The van der Waals surface area contributed by atoms with Gasteiger partial charge in [0.15, 0.2) is 5.11 Å². The van der Waals surface area contributed by atoms with Crippen molar-refractivity contribution in [2.45, 2.75) is 46.1 Å². The fourth-order valence-electron chi connectivity index (χ4n) is 3.23. The lowest BCUT2D eigenvalue weighted by Gasteiger charge is -2.32. The minimum atomic E-state index is -0.802. The van der Waals surface area contributed by atoms with Gasteiger partial charge in [-0.15, -0.1) is 0 Å². The van der Waals surface area contributed by atoms with Crippen molar-refractivity contribution in [3.05, 3.63) is 54.1 Å². The van der Waals surface area contributed by atoms with Crippen molar-refractivity contribution in [1.29, 1.82) is 0 Å². The molecule has 0 atom stereocenters. The molecule has 1 aliphatic heterocycles. The molecule has 1 fully saturated rings. The zero-order valence-electron chi connectivity index (χ0n) is 20.0. The normalized spacial score (nSPS) is 14.1. The number of carboxylic acid groups (broad SMARTS) is 1. The van der Waals surface area contributed by atoms with Crippen molar-refractivity contribution in [3.8, 4) is 0 Å². The van der Waals surface area contributed by atoms with Gasteiger partial charge in [-0.25, -0.2) is 4.79 Å². The highest BCUT2D eigenvalue weighted by molar-refractivity contribution is 7.80. The Kier molecular flexibility index (Phi) is 10.5. The van der Waals surface area contributed by atoms with E-state index in [1.54, 1.807) is 12.4 Å². The average Bonchev–Trinajstić information content (AvgIpc) is 2.75. The quantitative estimate of drug-likeness (QED) is 0.566. The molecule has 0 saturated carbocycles. The first-order valence-corrected chi connectivity index (χ1v) is 11.6. The number of rotatable bonds is 5. The number of pyridine rings is 2. The SMILES string of the molecule is CC(C)(C)NC(=S)Nc1cccnc1.Cc1ccc(CCCN2CCN(C(=O)O)CC2)nc1. The van der Waals surface area contributed by atoms with Crippen LogP contribution in [0.5, 0.6) is 0 Å². The zero-order chi connectivity index (χ0) is 24.3. The topological polar surface area (TPSA) is 93.6 Å². The summed E-state index contributed by atoms with van der Waals surface area (Å²) in [4.78, 5) is 23.0. The Morgan fingerprint density at radius 1 is 1.15 bits per heavy atom. The van der Waals surface area contributed by atoms with Gasteiger partial charge in [-0.1, -0.05) is 6.07 Å². The van der Waals surface area contributed by atoms with Crippen molar-refractivity contribution in [1.82, 2.24) is 25.1 Å². The van der Waals surface area contributed by atoms with E-state index >= 15 is 0 Å². The summed E-state index contributed by atoms with van der Waals surface area (Å²) in [6.07, 6.45) is 6.62. The van der Waals surface area contributed by atoms with Crippen LogP contribution in [0.25, 0.3) is 0 Å². The van der Waals surface area contributed by atoms with Crippen molar-refractivity contribution < 1.29 is 9.90 Å². The second-order valence-electron chi connectivity index (χ2n) is 9.11. The van der Waals surface area contributed by atoms with Gasteiger partial charge < -0.3 is 20.6 Å². The summed E-state index contributed by atoms with van der Waals surface area (Å²) >= 11 is 5.13. The zero-order valence-corrected chi connectivity index (χ0v) is 20.9. The van der Waals surface area contributed by atoms with Gasteiger partial charge in [0.2, 0.25) is 0 Å². The molecular weight excluding hydrogens is 436 g/mol. The lowest BCUT2D eigenvalue weighted by Crippen LogP contribution is -2.48. The molecule has 2 aromatic heterocycles. The third-order valence-corrected chi connectivity index (χ3v) is 5.13. The van der Waals surface area contributed by atoms with Gasteiger partial charge in [-0.05, 0) is 83.1 Å². The molecule has 8 nitrogen and oxygen atoms in total. The van der Waals surface area contributed by atoms with Crippen molar-refractivity contribution >= 4 is 29.1 Å². The van der Waals surface area contributed by atoms with E-state index in [-0.39, 0.29) is 5.54 Å². The highest BCUT2D eigenvalue weighted by Crippen LogP contribution is 2.07. The van der Waals surface area contributed by atoms with E-state index in [1.807, 2.05) is 25.3 Å². The molecule has 3 rings (SSSR count). The first kappa shape index (κ1) is 26.5. The van der Waals surface area contributed by atoms with Gasteiger partial charge in [0, 0.05) is 49.8 Å². The molecule has 1 aliphatic rings. The Morgan fingerprint density at radius 3 is 2.42 bits per heavy atom. The lowest BCUT2D eigenvalue weighted by molar-refractivity contribution is 0.105. The first-order chi connectivity index (χ1) is 15.6. The molecule has 0 spiro atoms. The Balaban J connectivity index is 0.000000245. The fraction of sp³-hybridized carbons (Fsp3) is 0.500. The maximum Gasteiger partial charge on any atom is 0.407 e. The summed E-state index contributed by atoms with van der Waals surface area (Å²) in [5.41, 5.74) is 3.20. The molecule has 0 bridgehead atoms. The number of piperazine rings is 1. The van der Waals surface area contributed by atoms with Gasteiger partial charge >= 0.3 is 6.09 Å². The first-order valence-electron chi connectivity index (χ1n) is 11.2. The van der Waals surface area contributed by atoms with Crippen LogP contribution in [0.1, 0.15) is 38.4 Å². The molecule has 0 unspecified atom stereocenters. The van der Waals surface area contributed by atoms with Crippen LogP contribution >= 0.6 is 12.2 Å². The highest BCUT2D eigenvalue weighted by Gasteiger charge is 2.19. The smallest absolute Gasteiger partial charge is 0.407 e. The number of amides is 1. The molecule has 0 aromatic carbocycles. The predicted octanol–water partition coefficient (Wildman–Crippen LogP) is 3.78. The van der Waals surface area contributed by atoms with Crippen LogP contribution in [-0.2, 0) is 6.42 Å². The van der Waals surface area contributed by atoms with E-state index in [0.29, 0.717) is 18.2 Å². The predicted molar refractivity (Wildman–Crippen MR) is 137 cm³/mol. The number of nitrogens with one attached hydrogen (secondary N) is 2. The molecule has 9 heteroatoms. The Hall–Kier alpha value is -2.78. The largest absolute Gasteiger partial charge is 0.465 e. The van der Waals surface area contributed by atoms with Crippen LogP contribution < -0.4 is 10.6 Å². The molecule has 2 aromatic rings. The van der Waals surface area contributed by atoms with E-state index in [1.165, 1.54) is 10.5 Å². The molecule has 33 heavy (non-hydrogen) atoms. The van der Waals surface area contributed by atoms with Crippen molar-refractivity contribution in [3.63, 3.8) is 0 Å². The molecule has 3 N–H and O–H groups in total. The molecule has 180 valence electrons. The number of hydrogen-bond acceptors (Lipinski definition) is 5. The van der Waals surface area contributed by atoms with Crippen LogP contribution in [-0.4, -0.2) is 74.3 Å². The maximum absolute atomic E-state index is 10.8. The van der Waals surface area contributed by atoms with Gasteiger partial charge in [-0.3, -0.25) is 14.9 Å². The number of aryl methyl sites for hydroxylation is 2. The number of anilines is 1. The molecule has 0 aliphatic carbocycles. The minimum Gasteiger partial charge on any atom is -0.465 e. The number of aromatic nitrogens is 2. The van der Waals surface area contributed by atoms with Crippen LogP contribution in [0.4, 0.5) is 10.5 Å². The highest BCUT2D eigenvalue weighted by atomic mass is 32.1. The second-order valence-corrected chi connectivity index (χ2v) is 9.52. The van der Waals surface area contributed by atoms with Gasteiger partial charge in [-0.2, -0.15) is 0 Å². The monoisotopic (exact) mass is 472 g/mol. The van der Waals surface area contributed by atoms with Crippen molar-refractivity contribution in [2.24, 2.45) is 0 Å². The van der Waals surface area contributed by atoms with E-state index in [2.05, 4.69) is 58.4 Å². The van der Waals surface area contributed by atoms with Gasteiger partial charge in [0.1, 0.15) is 0 Å². The molecule has 0 radical (unpaired) electrons. The summed E-state index contributed by atoms with van der Waals surface area (Å²) in [5.74, 6) is 0. The Labute approximate surface area is 202 Å². The van der Waals surface area contributed by atoms with Crippen molar-refractivity contribution in [2.75, 3.05) is 38.0 Å². The lowest BCUT2D eigenvalue weighted by atomic mass is 10.1. The number of carbonyl (C=O) groups is 1. The van der Waals surface area contributed by atoms with Crippen LogP contribution in [0.15, 0.2) is 42.9 Å². The summed E-state index contributed by atoms with van der Waals surface area (Å²) < 4.78 is 0. The van der Waals surface area contributed by atoms with E-state index in [4.69, 9.17) is 17.3 Å². The van der Waals surface area contributed by atoms with Crippen LogP contribution in [0, 0.1) is 6.92 Å². The third-order valence-electron chi connectivity index (χ3n) is 4.93. The number of nitrogens with zero attached hydrogens (tertiary/aromatic N) is 4. The molecule has 1 amide bonds. The minimum absolute atomic E-state index is 0.0215. The molecule has 3 heterocycles. The summed E-state index contributed by atoms with van der Waals surface area (Å²) in [6, 6.07) is 7.96. The second kappa shape index (κ2) is 13.1. The summed E-state index contributed by atoms with van der Waals surface area (Å²) in [5, 5.41) is 15.7. The van der Waals surface area contributed by atoms with E-state index < -0.39 is 6.09 Å². The Bertz CT molecular complexity index is 863. The standard InChI is InChI=1S/C14H21N3O2.C10H15N3S/c1-12-4-5-13(15-11-12)3-2-6-16-7-9-17(10-8-16)14(18)19;1-10(2,3)13-9(14)12-8-5-4-6-11-7-8/h4-5,11H,2-3,6-10H2,1H3,(H,18,19);4-7H,1-3H3,(H2,12,13,14). The van der Waals surface area contributed by atoms with E-state index in [9.17, 15) is 4.79 Å². The van der Waals surface area contributed by atoms with Gasteiger partial charge in [0.05, 0.1) is 11.9 Å². The summed E-state index contributed by atoms with van der Waals surface area (Å²) in [6.45, 7) is 12.2. The van der Waals surface area contributed by atoms with E-state index in [0.717, 1.165) is 43.9 Å². The fourth-order valence-corrected chi connectivity index (χ4v) is 3.66. The van der Waals surface area contributed by atoms with Crippen LogP contribution in [0.3, 0.4) is 0 Å².